The summed E-state index contributed by atoms with van der Waals surface area (Å²) in [7, 11) is 0. The molecule has 0 heterocycles. The van der Waals surface area contributed by atoms with Crippen LogP contribution in [0.3, 0.4) is 0 Å². The molecule has 0 N–H and O–H groups in total. The Labute approximate surface area is 95.5 Å². The van der Waals surface area contributed by atoms with Crippen molar-refractivity contribution in [2.45, 2.75) is 60.8 Å². The largest absolute Gasteiger partial charge is 0.0888 e. The Morgan fingerprint density at radius 3 is 1.93 bits per heavy atom. The SMILES string of the molecule is CC(C)CCC[C@@H](C)C(=S)C(C)(C)C. The third kappa shape index (κ3) is 5.74. The van der Waals surface area contributed by atoms with E-state index in [2.05, 4.69) is 41.5 Å². The molecule has 84 valence electrons. The van der Waals surface area contributed by atoms with E-state index in [4.69, 9.17) is 12.2 Å². The molecule has 1 heteroatoms. The molecule has 0 aliphatic heterocycles. The van der Waals surface area contributed by atoms with E-state index in [-0.39, 0.29) is 5.41 Å². The normalized spacial score (nSPS) is 14.5. The summed E-state index contributed by atoms with van der Waals surface area (Å²) in [5, 5.41) is 0. The molecular formula is C13H26S. The maximum Gasteiger partial charge on any atom is 0.00101 e. The molecular weight excluding hydrogens is 188 g/mol. The van der Waals surface area contributed by atoms with E-state index >= 15 is 0 Å². The fraction of sp³-hybridized carbons (Fsp3) is 0.923. The highest BCUT2D eigenvalue weighted by molar-refractivity contribution is 7.80. The summed E-state index contributed by atoms with van der Waals surface area (Å²) < 4.78 is 0. The van der Waals surface area contributed by atoms with E-state index < -0.39 is 0 Å². The van der Waals surface area contributed by atoms with Crippen LogP contribution in [0.1, 0.15) is 60.8 Å². The van der Waals surface area contributed by atoms with Crippen molar-refractivity contribution < 1.29 is 0 Å². The Kier molecular flexibility index (Phi) is 5.88. The van der Waals surface area contributed by atoms with Gasteiger partial charge in [0, 0.05) is 4.86 Å². The molecule has 0 amide bonds. The quantitative estimate of drug-likeness (QED) is 0.589. The van der Waals surface area contributed by atoms with Crippen LogP contribution >= 0.6 is 12.2 Å². The number of thiocarbonyl (C=S) groups is 1. The number of rotatable bonds is 5. The molecule has 0 radical (unpaired) electrons. The lowest BCUT2D eigenvalue weighted by Crippen LogP contribution is -2.24. The van der Waals surface area contributed by atoms with Crippen molar-refractivity contribution in [3.8, 4) is 0 Å². The van der Waals surface area contributed by atoms with Gasteiger partial charge in [-0.2, -0.15) is 0 Å². The van der Waals surface area contributed by atoms with Crippen LogP contribution in [0.5, 0.6) is 0 Å². The van der Waals surface area contributed by atoms with Gasteiger partial charge < -0.3 is 0 Å². The molecule has 0 aromatic carbocycles. The van der Waals surface area contributed by atoms with Crippen molar-refractivity contribution in [1.82, 2.24) is 0 Å². The van der Waals surface area contributed by atoms with Gasteiger partial charge in [-0.15, -0.1) is 0 Å². The van der Waals surface area contributed by atoms with Crippen molar-refractivity contribution >= 4 is 17.1 Å². The molecule has 0 unspecified atom stereocenters. The van der Waals surface area contributed by atoms with Gasteiger partial charge in [0.1, 0.15) is 0 Å². The van der Waals surface area contributed by atoms with E-state index in [1.54, 1.807) is 0 Å². The molecule has 0 spiro atoms. The van der Waals surface area contributed by atoms with Gasteiger partial charge in [-0.05, 0) is 23.7 Å². The highest BCUT2D eigenvalue weighted by Gasteiger charge is 2.21. The Morgan fingerprint density at radius 1 is 1.07 bits per heavy atom. The van der Waals surface area contributed by atoms with Gasteiger partial charge in [0.05, 0.1) is 0 Å². The first-order valence-corrected chi connectivity index (χ1v) is 6.20. The van der Waals surface area contributed by atoms with Gasteiger partial charge in [-0.25, -0.2) is 0 Å². The molecule has 0 rings (SSSR count). The maximum absolute atomic E-state index is 5.49. The summed E-state index contributed by atoms with van der Waals surface area (Å²) in [4.78, 5) is 1.24. The first-order valence-electron chi connectivity index (χ1n) is 5.79. The average molecular weight is 214 g/mol. The highest BCUT2D eigenvalue weighted by atomic mass is 32.1. The summed E-state index contributed by atoms with van der Waals surface area (Å²) in [6.07, 6.45) is 3.90. The summed E-state index contributed by atoms with van der Waals surface area (Å²) in [6, 6.07) is 0. The zero-order valence-corrected chi connectivity index (χ0v) is 11.5. The second-order valence-corrected chi connectivity index (χ2v) is 6.28. The fourth-order valence-corrected chi connectivity index (χ4v) is 1.82. The minimum absolute atomic E-state index is 0.201. The Balaban J connectivity index is 3.86. The van der Waals surface area contributed by atoms with Crippen LogP contribution in [-0.4, -0.2) is 4.86 Å². The van der Waals surface area contributed by atoms with Gasteiger partial charge in [0.2, 0.25) is 0 Å². The van der Waals surface area contributed by atoms with Crippen molar-refractivity contribution in [2.24, 2.45) is 17.3 Å². The minimum atomic E-state index is 0.201. The fourth-order valence-electron chi connectivity index (χ4n) is 1.70. The Bertz CT molecular complexity index is 174. The van der Waals surface area contributed by atoms with Crippen LogP contribution in [-0.2, 0) is 0 Å². The second kappa shape index (κ2) is 5.85. The molecule has 0 bridgehead atoms. The second-order valence-electron chi connectivity index (χ2n) is 5.84. The van der Waals surface area contributed by atoms with E-state index in [0.29, 0.717) is 5.92 Å². The van der Waals surface area contributed by atoms with Crippen LogP contribution in [0, 0.1) is 17.3 Å². The molecule has 0 aliphatic rings. The molecule has 0 aliphatic carbocycles. The standard InChI is InChI=1S/C13H26S/c1-10(2)8-7-9-11(3)12(14)13(4,5)6/h10-11H,7-9H2,1-6H3/t11-/m1/s1. The lowest BCUT2D eigenvalue weighted by molar-refractivity contribution is 0.489. The topological polar surface area (TPSA) is 0 Å². The predicted molar refractivity (Wildman–Crippen MR) is 69.9 cm³/mol. The smallest absolute Gasteiger partial charge is 0.00101 e. The van der Waals surface area contributed by atoms with E-state index in [1.165, 1.54) is 24.1 Å². The van der Waals surface area contributed by atoms with Gasteiger partial charge in [-0.1, -0.05) is 66.6 Å². The van der Waals surface area contributed by atoms with E-state index in [9.17, 15) is 0 Å². The van der Waals surface area contributed by atoms with Crippen LogP contribution < -0.4 is 0 Å². The van der Waals surface area contributed by atoms with Gasteiger partial charge >= 0.3 is 0 Å². The molecule has 0 aromatic rings. The maximum atomic E-state index is 5.49. The zero-order chi connectivity index (χ0) is 11.4. The highest BCUT2D eigenvalue weighted by Crippen LogP contribution is 2.25. The van der Waals surface area contributed by atoms with Crippen LogP contribution in [0.2, 0.25) is 0 Å². The average Bonchev–Trinajstić information content (AvgIpc) is 2.00. The van der Waals surface area contributed by atoms with Gasteiger partial charge in [0.25, 0.3) is 0 Å². The first kappa shape index (κ1) is 14.1. The predicted octanol–water partition coefficient (Wildman–Crippen LogP) is 4.86. The van der Waals surface area contributed by atoms with Crippen LogP contribution in [0.15, 0.2) is 0 Å². The number of hydrogen-bond donors (Lipinski definition) is 0. The molecule has 0 saturated heterocycles. The third-order valence-electron chi connectivity index (χ3n) is 2.61. The molecule has 0 fully saturated rings. The first-order chi connectivity index (χ1) is 6.25. The third-order valence-corrected chi connectivity index (χ3v) is 3.62. The van der Waals surface area contributed by atoms with Crippen molar-refractivity contribution in [1.29, 1.82) is 0 Å². The summed E-state index contributed by atoms with van der Waals surface area (Å²) in [5.41, 5.74) is 0.201. The Hall–Kier alpha value is 0.0900. The molecule has 1 atom stereocenters. The van der Waals surface area contributed by atoms with Gasteiger partial charge in [0.15, 0.2) is 0 Å². The van der Waals surface area contributed by atoms with E-state index in [1.807, 2.05) is 0 Å². The van der Waals surface area contributed by atoms with Crippen LogP contribution in [0.4, 0.5) is 0 Å². The minimum Gasteiger partial charge on any atom is -0.0888 e. The van der Waals surface area contributed by atoms with Crippen molar-refractivity contribution in [3.63, 3.8) is 0 Å². The molecule has 0 saturated carbocycles. The number of hydrogen-bond acceptors (Lipinski definition) is 1. The van der Waals surface area contributed by atoms with Gasteiger partial charge in [-0.3, -0.25) is 0 Å². The molecule has 0 aromatic heterocycles. The van der Waals surface area contributed by atoms with Crippen molar-refractivity contribution in [3.05, 3.63) is 0 Å². The molecule has 14 heavy (non-hydrogen) atoms. The zero-order valence-electron chi connectivity index (χ0n) is 10.7. The summed E-state index contributed by atoms with van der Waals surface area (Å²) in [6.45, 7) is 13.5. The lowest BCUT2D eigenvalue weighted by atomic mass is 9.83. The monoisotopic (exact) mass is 214 g/mol. The summed E-state index contributed by atoms with van der Waals surface area (Å²) >= 11 is 5.49. The molecule has 0 nitrogen and oxygen atoms in total. The lowest BCUT2D eigenvalue weighted by Gasteiger charge is -2.25. The van der Waals surface area contributed by atoms with E-state index in [0.717, 1.165) is 5.92 Å². The summed E-state index contributed by atoms with van der Waals surface area (Å²) in [5.74, 6) is 1.43. The van der Waals surface area contributed by atoms with Crippen LogP contribution in [0.25, 0.3) is 0 Å². The van der Waals surface area contributed by atoms with Crippen molar-refractivity contribution in [2.75, 3.05) is 0 Å². The Morgan fingerprint density at radius 2 is 1.57 bits per heavy atom.